The largest absolute Gasteiger partial charge is 0.497 e. The van der Waals surface area contributed by atoms with Crippen LogP contribution in [0.3, 0.4) is 0 Å². The van der Waals surface area contributed by atoms with Gasteiger partial charge in [-0.25, -0.2) is 0 Å². The van der Waals surface area contributed by atoms with Crippen LogP contribution in [-0.2, 0) is 0 Å². The van der Waals surface area contributed by atoms with Crippen molar-refractivity contribution >= 4 is 12.4 Å². The van der Waals surface area contributed by atoms with Crippen LogP contribution in [0.4, 0.5) is 0 Å². The highest BCUT2D eigenvalue weighted by molar-refractivity contribution is 5.85. The highest BCUT2D eigenvalue weighted by Gasteiger charge is 2.19. The van der Waals surface area contributed by atoms with E-state index in [1.54, 1.807) is 7.11 Å². The maximum atomic E-state index is 5.16. The molecular formula is C11H16ClNO. The molecule has 0 radical (unpaired) electrons. The van der Waals surface area contributed by atoms with Gasteiger partial charge in [-0.05, 0) is 43.1 Å². The summed E-state index contributed by atoms with van der Waals surface area (Å²) >= 11 is 0. The standard InChI is InChI=1S/C11H15NO.ClH/c1-8-7-9(13-2)3-4-10(8)11-5-6-12-11;/h3-4,7,11-12H,5-6H2,1-2H3;1H/t11-;/m0./s1. The van der Waals surface area contributed by atoms with Crippen molar-refractivity contribution in [1.82, 2.24) is 5.32 Å². The molecule has 1 aromatic carbocycles. The second kappa shape index (κ2) is 4.67. The van der Waals surface area contributed by atoms with Crippen LogP contribution in [0.1, 0.15) is 23.6 Å². The van der Waals surface area contributed by atoms with Gasteiger partial charge in [-0.15, -0.1) is 12.4 Å². The van der Waals surface area contributed by atoms with E-state index in [0.29, 0.717) is 6.04 Å². The molecule has 1 heterocycles. The second-order valence-electron chi connectivity index (χ2n) is 3.52. The summed E-state index contributed by atoms with van der Waals surface area (Å²) in [6.07, 6.45) is 1.26. The summed E-state index contributed by atoms with van der Waals surface area (Å²) in [5.74, 6) is 0.945. The molecule has 0 bridgehead atoms. The smallest absolute Gasteiger partial charge is 0.119 e. The predicted molar refractivity (Wildman–Crippen MR) is 60.3 cm³/mol. The van der Waals surface area contributed by atoms with Gasteiger partial charge in [-0.1, -0.05) is 6.07 Å². The zero-order valence-corrected chi connectivity index (χ0v) is 9.36. The van der Waals surface area contributed by atoms with Crippen molar-refractivity contribution in [3.8, 4) is 5.75 Å². The first-order chi connectivity index (χ1) is 6.31. The molecule has 14 heavy (non-hydrogen) atoms. The van der Waals surface area contributed by atoms with E-state index >= 15 is 0 Å². The number of benzene rings is 1. The minimum atomic E-state index is 0. The Hall–Kier alpha value is -0.730. The highest BCUT2D eigenvalue weighted by atomic mass is 35.5. The number of methoxy groups -OCH3 is 1. The lowest BCUT2D eigenvalue weighted by molar-refractivity contribution is 0.380. The Morgan fingerprint density at radius 3 is 2.57 bits per heavy atom. The lowest BCUT2D eigenvalue weighted by atomic mass is 9.94. The molecule has 0 saturated carbocycles. The van der Waals surface area contributed by atoms with Crippen LogP contribution in [-0.4, -0.2) is 13.7 Å². The van der Waals surface area contributed by atoms with Crippen LogP contribution >= 0.6 is 12.4 Å². The summed E-state index contributed by atoms with van der Waals surface area (Å²) in [6.45, 7) is 3.29. The summed E-state index contributed by atoms with van der Waals surface area (Å²) in [7, 11) is 1.70. The van der Waals surface area contributed by atoms with E-state index in [1.807, 2.05) is 6.07 Å². The van der Waals surface area contributed by atoms with E-state index in [2.05, 4.69) is 24.4 Å². The third-order valence-corrected chi connectivity index (χ3v) is 2.68. The first-order valence-electron chi connectivity index (χ1n) is 4.69. The molecule has 1 aliphatic rings. The van der Waals surface area contributed by atoms with E-state index in [-0.39, 0.29) is 12.4 Å². The van der Waals surface area contributed by atoms with Gasteiger partial charge in [0.05, 0.1) is 7.11 Å². The van der Waals surface area contributed by atoms with Crippen molar-refractivity contribution < 1.29 is 4.74 Å². The summed E-state index contributed by atoms with van der Waals surface area (Å²) in [6, 6.07) is 6.86. The van der Waals surface area contributed by atoms with Crippen LogP contribution < -0.4 is 10.1 Å². The van der Waals surface area contributed by atoms with Crippen molar-refractivity contribution in [2.45, 2.75) is 19.4 Å². The van der Waals surface area contributed by atoms with Gasteiger partial charge in [0, 0.05) is 6.04 Å². The van der Waals surface area contributed by atoms with Gasteiger partial charge in [0.15, 0.2) is 0 Å². The lowest BCUT2D eigenvalue weighted by Gasteiger charge is -2.29. The molecular weight excluding hydrogens is 198 g/mol. The van der Waals surface area contributed by atoms with Gasteiger partial charge in [0.1, 0.15) is 5.75 Å². The van der Waals surface area contributed by atoms with Gasteiger partial charge in [0.25, 0.3) is 0 Å². The molecule has 0 spiro atoms. The average molecular weight is 214 g/mol. The van der Waals surface area contributed by atoms with Gasteiger partial charge in [-0.3, -0.25) is 0 Å². The molecule has 2 rings (SSSR count). The van der Waals surface area contributed by atoms with Crippen molar-refractivity contribution in [2.75, 3.05) is 13.7 Å². The van der Waals surface area contributed by atoms with E-state index in [1.165, 1.54) is 17.5 Å². The maximum Gasteiger partial charge on any atom is 0.119 e. The SMILES string of the molecule is COc1ccc([C@@H]2CCN2)c(C)c1.Cl. The molecule has 0 aromatic heterocycles. The summed E-state index contributed by atoms with van der Waals surface area (Å²) in [5.41, 5.74) is 2.73. The fraction of sp³-hybridized carbons (Fsp3) is 0.455. The lowest BCUT2D eigenvalue weighted by Crippen LogP contribution is -2.35. The van der Waals surface area contributed by atoms with Crippen molar-refractivity contribution in [3.05, 3.63) is 29.3 Å². The van der Waals surface area contributed by atoms with Gasteiger partial charge in [0.2, 0.25) is 0 Å². The minimum absolute atomic E-state index is 0. The topological polar surface area (TPSA) is 21.3 Å². The van der Waals surface area contributed by atoms with Crippen LogP contribution in [0.15, 0.2) is 18.2 Å². The molecule has 1 fully saturated rings. The van der Waals surface area contributed by atoms with E-state index in [0.717, 1.165) is 12.3 Å². The van der Waals surface area contributed by atoms with Crippen LogP contribution in [0.25, 0.3) is 0 Å². The Bertz CT molecular complexity index is 310. The molecule has 2 nitrogen and oxygen atoms in total. The molecule has 0 unspecified atom stereocenters. The van der Waals surface area contributed by atoms with Crippen LogP contribution in [0, 0.1) is 6.92 Å². The second-order valence-corrected chi connectivity index (χ2v) is 3.52. The zero-order chi connectivity index (χ0) is 9.26. The number of halogens is 1. The van der Waals surface area contributed by atoms with Gasteiger partial charge < -0.3 is 10.1 Å². The molecule has 0 amide bonds. The van der Waals surface area contributed by atoms with E-state index in [4.69, 9.17) is 4.74 Å². The average Bonchev–Trinajstić information content (AvgIpc) is 2.05. The number of hydrogen-bond acceptors (Lipinski definition) is 2. The monoisotopic (exact) mass is 213 g/mol. The van der Waals surface area contributed by atoms with E-state index < -0.39 is 0 Å². The Labute approximate surface area is 91.1 Å². The molecule has 1 N–H and O–H groups in total. The fourth-order valence-corrected chi connectivity index (χ4v) is 1.72. The Morgan fingerprint density at radius 2 is 2.14 bits per heavy atom. The van der Waals surface area contributed by atoms with Crippen molar-refractivity contribution in [2.24, 2.45) is 0 Å². The third-order valence-electron chi connectivity index (χ3n) is 2.68. The Morgan fingerprint density at radius 1 is 1.43 bits per heavy atom. The molecule has 78 valence electrons. The molecule has 1 atom stereocenters. The predicted octanol–water partition coefficient (Wildman–Crippen LogP) is 2.46. The van der Waals surface area contributed by atoms with Crippen molar-refractivity contribution in [1.29, 1.82) is 0 Å². The normalized spacial score (nSPS) is 19.4. The highest BCUT2D eigenvalue weighted by Crippen LogP contribution is 2.27. The van der Waals surface area contributed by atoms with Gasteiger partial charge >= 0.3 is 0 Å². The van der Waals surface area contributed by atoms with Crippen LogP contribution in [0.5, 0.6) is 5.75 Å². The zero-order valence-electron chi connectivity index (χ0n) is 8.54. The van der Waals surface area contributed by atoms with Crippen molar-refractivity contribution in [3.63, 3.8) is 0 Å². The third kappa shape index (κ3) is 2.02. The number of rotatable bonds is 2. The Balaban J connectivity index is 0.000000980. The number of nitrogens with one attached hydrogen (secondary N) is 1. The Kier molecular flexibility index (Phi) is 3.78. The number of hydrogen-bond donors (Lipinski definition) is 1. The fourth-order valence-electron chi connectivity index (χ4n) is 1.72. The minimum Gasteiger partial charge on any atom is -0.497 e. The summed E-state index contributed by atoms with van der Waals surface area (Å²) in [4.78, 5) is 0. The van der Waals surface area contributed by atoms with E-state index in [9.17, 15) is 0 Å². The first kappa shape index (κ1) is 11.3. The molecule has 1 saturated heterocycles. The van der Waals surface area contributed by atoms with Gasteiger partial charge in [-0.2, -0.15) is 0 Å². The molecule has 1 aliphatic heterocycles. The molecule has 1 aromatic rings. The quantitative estimate of drug-likeness (QED) is 0.815. The first-order valence-corrected chi connectivity index (χ1v) is 4.69. The summed E-state index contributed by atoms with van der Waals surface area (Å²) < 4.78 is 5.16. The number of ether oxygens (including phenoxy) is 1. The summed E-state index contributed by atoms with van der Waals surface area (Å²) in [5, 5.41) is 3.40. The number of aryl methyl sites for hydroxylation is 1. The molecule has 3 heteroatoms. The van der Waals surface area contributed by atoms with Crippen LogP contribution in [0.2, 0.25) is 0 Å². The maximum absolute atomic E-state index is 5.16. The molecule has 0 aliphatic carbocycles.